The Bertz CT molecular complexity index is 546. The van der Waals surface area contributed by atoms with E-state index >= 15 is 0 Å². The molecule has 6 nitrogen and oxygen atoms in total. The highest BCUT2D eigenvalue weighted by atomic mass is 16.5. The van der Waals surface area contributed by atoms with Gasteiger partial charge in [0.25, 0.3) is 5.82 Å². The number of carbonyl (C=O) groups is 1. The van der Waals surface area contributed by atoms with Crippen LogP contribution in [0.1, 0.15) is 29.2 Å². The van der Waals surface area contributed by atoms with Crippen LogP contribution in [0.4, 0.5) is 0 Å². The summed E-state index contributed by atoms with van der Waals surface area (Å²) in [5.41, 5.74) is 1.56. The molecule has 1 N–H and O–H groups in total. The lowest BCUT2D eigenvalue weighted by atomic mass is 10.1. The number of methoxy groups -OCH3 is 1. The van der Waals surface area contributed by atoms with E-state index in [9.17, 15) is 9.90 Å². The Balaban J connectivity index is 2.26. The Morgan fingerprint density at radius 2 is 2.06 bits per heavy atom. The molecule has 1 aromatic carbocycles. The van der Waals surface area contributed by atoms with E-state index in [1.165, 1.54) is 18.1 Å². The highest BCUT2D eigenvalue weighted by Gasteiger charge is 2.11. The van der Waals surface area contributed by atoms with Gasteiger partial charge in [-0.25, -0.2) is 14.5 Å². The predicted octanol–water partition coefficient (Wildman–Crippen LogP) is 1.11. The third kappa shape index (κ3) is 2.38. The molecular formula is C12H13N3O3. The molecule has 0 bridgehead atoms. The van der Waals surface area contributed by atoms with Crippen molar-refractivity contribution < 1.29 is 14.6 Å². The van der Waals surface area contributed by atoms with Gasteiger partial charge in [-0.05, 0) is 24.6 Å². The lowest BCUT2D eigenvalue weighted by molar-refractivity contribution is 0.0587. The van der Waals surface area contributed by atoms with Gasteiger partial charge >= 0.3 is 5.97 Å². The molecule has 0 aliphatic carbocycles. The fourth-order valence-electron chi connectivity index (χ4n) is 1.48. The van der Waals surface area contributed by atoms with Crippen LogP contribution in [0.2, 0.25) is 0 Å². The summed E-state index contributed by atoms with van der Waals surface area (Å²) >= 11 is 0. The van der Waals surface area contributed by atoms with E-state index in [0.717, 1.165) is 11.3 Å². The van der Waals surface area contributed by atoms with Crippen molar-refractivity contribution in [2.75, 3.05) is 7.11 Å². The van der Waals surface area contributed by atoms with Crippen molar-refractivity contribution in [2.24, 2.45) is 0 Å². The molecule has 0 saturated heterocycles. The van der Waals surface area contributed by atoms with Crippen molar-refractivity contribution in [1.29, 1.82) is 0 Å². The fraction of sp³-hybridized carbons (Fsp3) is 0.250. The van der Waals surface area contributed by atoms with Crippen LogP contribution in [-0.2, 0) is 4.74 Å². The smallest absolute Gasteiger partial charge is 0.377 e. The maximum Gasteiger partial charge on any atom is 0.377 e. The second kappa shape index (κ2) is 4.97. The zero-order valence-electron chi connectivity index (χ0n) is 10.1. The Morgan fingerprint density at radius 1 is 1.39 bits per heavy atom. The monoisotopic (exact) mass is 247 g/mol. The summed E-state index contributed by atoms with van der Waals surface area (Å²) in [6.45, 7) is 1.69. The van der Waals surface area contributed by atoms with E-state index in [0.29, 0.717) is 0 Å². The molecule has 94 valence electrons. The van der Waals surface area contributed by atoms with Gasteiger partial charge in [0.15, 0.2) is 0 Å². The summed E-state index contributed by atoms with van der Waals surface area (Å²) in [6.07, 6.45) is 0.921. The van der Waals surface area contributed by atoms with Crippen LogP contribution < -0.4 is 0 Å². The van der Waals surface area contributed by atoms with Gasteiger partial charge in [0.1, 0.15) is 6.33 Å². The van der Waals surface area contributed by atoms with Crippen molar-refractivity contribution >= 4 is 5.97 Å². The average Bonchev–Trinajstić information content (AvgIpc) is 2.87. The number of carbonyl (C=O) groups excluding carboxylic acids is 1. The Morgan fingerprint density at radius 3 is 2.61 bits per heavy atom. The largest absolute Gasteiger partial charge is 0.463 e. The molecule has 0 aliphatic heterocycles. The summed E-state index contributed by atoms with van der Waals surface area (Å²) in [5.74, 6) is -0.563. The third-order valence-corrected chi connectivity index (χ3v) is 2.50. The first-order valence-corrected chi connectivity index (χ1v) is 5.40. The van der Waals surface area contributed by atoms with Gasteiger partial charge in [0, 0.05) is 0 Å². The van der Waals surface area contributed by atoms with Crippen molar-refractivity contribution in [3.05, 3.63) is 42.0 Å². The number of nitrogens with zero attached hydrogens (tertiary/aromatic N) is 3. The zero-order valence-corrected chi connectivity index (χ0v) is 10.1. The zero-order chi connectivity index (χ0) is 13.1. The number of rotatable bonds is 3. The first-order chi connectivity index (χ1) is 8.61. The molecule has 0 spiro atoms. The van der Waals surface area contributed by atoms with Crippen molar-refractivity contribution in [1.82, 2.24) is 14.8 Å². The number of hydrogen-bond donors (Lipinski definition) is 1. The first kappa shape index (κ1) is 12.3. The Kier molecular flexibility index (Phi) is 3.38. The lowest BCUT2D eigenvalue weighted by Gasteiger charge is -2.05. The number of aliphatic hydroxyl groups excluding tert-OH is 1. The van der Waals surface area contributed by atoms with Crippen LogP contribution in [0.3, 0.4) is 0 Å². The first-order valence-electron chi connectivity index (χ1n) is 5.40. The molecule has 0 aliphatic rings. The minimum atomic E-state index is -0.575. The topological polar surface area (TPSA) is 77.2 Å². The summed E-state index contributed by atoms with van der Waals surface area (Å²) in [4.78, 5) is 15.1. The maximum atomic E-state index is 11.2. The molecule has 1 heterocycles. The van der Waals surface area contributed by atoms with E-state index in [2.05, 4.69) is 14.8 Å². The van der Waals surface area contributed by atoms with Gasteiger partial charge < -0.3 is 9.84 Å². The standard InChI is InChI=1S/C12H13N3O3/c1-8(16)9-3-5-10(6-4-9)15-7-13-11(14-15)12(17)18-2/h3-8,16H,1-2H3/t8-/m1/s1. The van der Waals surface area contributed by atoms with Gasteiger partial charge in [0.2, 0.25) is 0 Å². The number of aromatic nitrogens is 3. The van der Waals surface area contributed by atoms with E-state index < -0.39 is 12.1 Å². The average molecular weight is 247 g/mol. The van der Waals surface area contributed by atoms with Crippen LogP contribution in [-0.4, -0.2) is 33.0 Å². The van der Waals surface area contributed by atoms with Crippen LogP contribution >= 0.6 is 0 Å². The van der Waals surface area contributed by atoms with E-state index in [1.54, 1.807) is 31.2 Å². The highest BCUT2D eigenvalue weighted by molar-refractivity contribution is 5.84. The van der Waals surface area contributed by atoms with Crippen molar-refractivity contribution in [3.63, 3.8) is 0 Å². The lowest BCUT2D eigenvalue weighted by Crippen LogP contribution is -2.05. The molecule has 6 heteroatoms. The molecule has 1 atom stereocenters. The molecular weight excluding hydrogens is 234 g/mol. The summed E-state index contributed by atoms with van der Waals surface area (Å²) in [5, 5.41) is 13.4. The summed E-state index contributed by atoms with van der Waals surface area (Å²) in [6, 6.07) is 7.16. The van der Waals surface area contributed by atoms with E-state index in [1.807, 2.05) is 0 Å². The molecule has 2 aromatic rings. The van der Waals surface area contributed by atoms with Crippen molar-refractivity contribution in [3.8, 4) is 5.69 Å². The predicted molar refractivity (Wildman–Crippen MR) is 63.3 cm³/mol. The normalized spacial score (nSPS) is 12.2. The Hall–Kier alpha value is -2.21. The van der Waals surface area contributed by atoms with Gasteiger partial charge in [0.05, 0.1) is 18.9 Å². The molecule has 1 aromatic heterocycles. The minimum absolute atomic E-state index is 0.0112. The van der Waals surface area contributed by atoms with E-state index in [4.69, 9.17) is 0 Å². The molecule has 2 rings (SSSR count). The van der Waals surface area contributed by atoms with Crippen LogP contribution in [0.15, 0.2) is 30.6 Å². The minimum Gasteiger partial charge on any atom is -0.463 e. The molecule has 18 heavy (non-hydrogen) atoms. The SMILES string of the molecule is COC(=O)c1ncn(-c2ccc([C@@H](C)O)cc2)n1. The summed E-state index contributed by atoms with van der Waals surface area (Å²) < 4.78 is 6.00. The number of benzene rings is 1. The van der Waals surface area contributed by atoms with Gasteiger partial charge in [-0.3, -0.25) is 0 Å². The molecule has 0 radical (unpaired) electrons. The highest BCUT2D eigenvalue weighted by Crippen LogP contribution is 2.14. The van der Waals surface area contributed by atoms with Crippen LogP contribution in [0.25, 0.3) is 5.69 Å². The number of aliphatic hydroxyl groups is 1. The number of esters is 1. The third-order valence-electron chi connectivity index (χ3n) is 2.50. The van der Waals surface area contributed by atoms with Gasteiger partial charge in [-0.15, -0.1) is 5.10 Å². The van der Waals surface area contributed by atoms with Crippen LogP contribution in [0, 0.1) is 0 Å². The molecule has 0 unspecified atom stereocenters. The fourth-order valence-corrected chi connectivity index (χ4v) is 1.48. The quantitative estimate of drug-likeness (QED) is 0.822. The van der Waals surface area contributed by atoms with Gasteiger partial charge in [-0.1, -0.05) is 12.1 Å². The van der Waals surface area contributed by atoms with Crippen LogP contribution in [0.5, 0.6) is 0 Å². The second-order valence-electron chi connectivity index (χ2n) is 3.77. The number of ether oxygens (including phenoxy) is 1. The second-order valence-corrected chi connectivity index (χ2v) is 3.77. The van der Waals surface area contributed by atoms with Gasteiger partial charge in [-0.2, -0.15) is 0 Å². The van der Waals surface area contributed by atoms with Crippen molar-refractivity contribution in [2.45, 2.75) is 13.0 Å². The molecule has 0 amide bonds. The maximum absolute atomic E-state index is 11.2. The number of hydrogen-bond acceptors (Lipinski definition) is 5. The summed E-state index contributed by atoms with van der Waals surface area (Å²) in [7, 11) is 1.28. The molecule has 0 saturated carbocycles. The molecule has 0 fully saturated rings. The van der Waals surface area contributed by atoms with E-state index in [-0.39, 0.29) is 5.82 Å². The Labute approximate surface area is 104 Å².